The van der Waals surface area contributed by atoms with Crippen molar-refractivity contribution in [3.05, 3.63) is 65.2 Å². The number of carbonyl (C=O) groups is 1. The number of amides is 1. The molecule has 0 aliphatic rings. The molecule has 0 heterocycles. The van der Waals surface area contributed by atoms with Crippen molar-refractivity contribution >= 4 is 29.3 Å². The molecule has 1 amide bonds. The monoisotopic (exact) mass is 319 g/mol. The summed E-state index contributed by atoms with van der Waals surface area (Å²) in [5, 5.41) is 0.708. The average molecular weight is 320 g/mol. The minimum Gasteiger partial charge on any atom is -0.338 e. The van der Waals surface area contributed by atoms with Crippen molar-refractivity contribution in [2.24, 2.45) is 0 Å². The molecule has 0 fully saturated rings. The van der Waals surface area contributed by atoms with Gasteiger partial charge in [0.25, 0.3) is 0 Å². The molecule has 4 heteroatoms. The maximum absolute atomic E-state index is 12.3. The maximum atomic E-state index is 12.3. The summed E-state index contributed by atoms with van der Waals surface area (Å²) in [4.78, 5) is 15.3. The largest absolute Gasteiger partial charge is 0.338 e. The van der Waals surface area contributed by atoms with Crippen LogP contribution in [0, 0.1) is 0 Å². The molecule has 0 atom stereocenters. The Kier molecular flexibility index (Phi) is 6.15. The van der Waals surface area contributed by atoms with Gasteiger partial charge in [-0.15, -0.1) is 11.8 Å². The number of hydrogen-bond acceptors (Lipinski definition) is 2. The second-order valence-electron chi connectivity index (χ2n) is 4.60. The fraction of sp³-hybridized carbons (Fsp3) is 0.235. The molecule has 0 radical (unpaired) electrons. The summed E-state index contributed by atoms with van der Waals surface area (Å²) in [5.41, 5.74) is 0.985. The van der Waals surface area contributed by atoms with Crippen LogP contribution in [0.3, 0.4) is 0 Å². The smallest absolute Gasteiger partial charge is 0.233 e. The number of rotatable bonds is 6. The van der Waals surface area contributed by atoms with E-state index in [4.69, 9.17) is 11.6 Å². The minimum absolute atomic E-state index is 0.131. The predicted octanol–water partition coefficient (Wildman–Crippen LogP) is 4.48. The lowest BCUT2D eigenvalue weighted by atomic mass is 10.2. The lowest BCUT2D eigenvalue weighted by molar-refractivity contribution is -0.128. The summed E-state index contributed by atoms with van der Waals surface area (Å²) < 4.78 is 0. The Bertz CT molecular complexity index is 588. The van der Waals surface area contributed by atoms with Crippen LogP contribution in [0.2, 0.25) is 5.02 Å². The van der Waals surface area contributed by atoms with Crippen molar-refractivity contribution in [3.8, 4) is 0 Å². The second-order valence-corrected chi connectivity index (χ2v) is 6.06. The summed E-state index contributed by atoms with van der Waals surface area (Å²) in [7, 11) is 0. The van der Waals surface area contributed by atoms with Gasteiger partial charge in [0.2, 0.25) is 5.91 Å². The number of thioether (sulfide) groups is 1. The van der Waals surface area contributed by atoms with E-state index in [9.17, 15) is 4.79 Å². The highest BCUT2D eigenvalue weighted by Crippen LogP contribution is 2.20. The summed E-state index contributed by atoms with van der Waals surface area (Å²) in [6, 6.07) is 17.6. The van der Waals surface area contributed by atoms with Gasteiger partial charge in [0.15, 0.2) is 0 Å². The van der Waals surface area contributed by atoms with Crippen molar-refractivity contribution in [2.75, 3.05) is 12.3 Å². The molecule has 0 saturated carbocycles. The molecule has 0 aliphatic heterocycles. The first kappa shape index (κ1) is 15.9. The van der Waals surface area contributed by atoms with E-state index >= 15 is 0 Å². The van der Waals surface area contributed by atoms with Crippen LogP contribution in [0.15, 0.2) is 59.5 Å². The van der Waals surface area contributed by atoms with Gasteiger partial charge < -0.3 is 4.90 Å². The van der Waals surface area contributed by atoms with Crippen LogP contribution < -0.4 is 0 Å². The van der Waals surface area contributed by atoms with Gasteiger partial charge in [0.1, 0.15) is 0 Å². The zero-order valence-corrected chi connectivity index (χ0v) is 13.5. The zero-order valence-electron chi connectivity index (χ0n) is 12.0. The normalized spacial score (nSPS) is 10.4. The van der Waals surface area contributed by atoms with Crippen LogP contribution in [0.4, 0.5) is 0 Å². The summed E-state index contributed by atoms with van der Waals surface area (Å²) >= 11 is 7.72. The third kappa shape index (κ3) is 4.80. The average Bonchev–Trinajstić information content (AvgIpc) is 2.53. The summed E-state index contributed by atoms with van der Waals surface area (Å²) in [6.45, 7) is 3.23. The number of carbonyl (C=O) groups excluding carboxylic acids is 1. The highest BCUT2D eigenvalue weighted by atomic mass is 35.5. The SMILES string of the molecule is CCN(Cc1ccccc1Cl)C(=O)CSc1ccccc1. The Labute approximate surface area is 135 Å². The summed E-state index contributed by atoms with van der Waals surface area (Å²) in [5.74, 6) is 0.578. The van der Waals surface area contributed by atoms with Gasteiger partial charge in [-0.25, -0.2) is 0 Å². The molecule has 2 rings (SSSR count). The van der Waals surface area contributed by atoms with Crippen molar-refractivity contribution in [3.63, 3.8) is 0 Å². The molecule has 0 saturated heterocycles. The van der Waals surface area contributed by atoms with Gasteiger partial charge in [-0.05, 0) is 30.7 Å². The first-order valence-corrected chi connectivity index (χ1v) is 8.26. The molecule has 21 heavy (non-hydrogen) atoms. The van der Waals surface area contributed by atoms with Gasteiger partial charge in [-0.3, -0.25) is 4.79 Å². The van der Waals surface area contributed by atoms with Gasteiger partial charge in [0, 0.05) is 23.0 Å². The molecular formula is C17H18ClNOS. The Morgan fingerprint density at radius 2 is 1.76 bits per heavy atom. The molecule has 110 valence electrons. The fourth-order valence-corrected chi connectivity index (χ4v) is 2.98. The van der Waals surface area contributed by atoms with E-state index in [1.165, 1.54) is 0 Å². The van der Waals surface area contributed by atoms with Crippen LogP contribution in [0.1, 0.15) is 12.5 Å². The molecule has 0 aromatic heterocycles. The minimum atomic E-state index is 0.131. The lowest BCUT2D eigenvalue weighted by Gasteiger charge is -2.21. The van der Waals surface area contributed by atoms with Crippen molar-refractivity contribution in [1.82, 2.24) is 4.90 Å². The Hall–Kier alpha value is -1.45. The van der Waals surface area contributed by atoms with E-state index in [0.717, 1.165) is 10.5 Å². The van der Waals surface area contributed by atoms with Crippen LogP contribution in [0.5, 0.6) is 0 Å². The summed E-state index contributed by atoms with van der Waals surface area (Å²) in [6.07, 6.45) is 0. The molecule has 2 aromatic rings. The van der Waals surface area contributed by atoms with Crippen LogP contribution in [0.25, 0.3) is 0 Å². The lowest BCUT2D eigenvalue weighted by Crippen LogP contribution is -2.31. The number of nitrogens with zero attached hydrogens (tertiary/aromatic N) is 1. The second kappa shape index (κ2) is 8.11. The van der Waals surface area contributed by atoms with Crippen molar-refractivity contribution in [1.29, 1.82) is 0 Å². The zero-order chi connectivity index (χ0) is 15.1. The van der Waals surface area contributed by atoms with Crippen molar-refractivity contribution < 1.29 is 4.79 Å². The highest BCUT2D eigenvalue weighted by molar-refractivity contribution is 8.00. The number of halogens is 1. The van der Waals surface area contributed by atoms with Crippen LogP contribution >= 0.6 is 23.4 Å². The highest BCUT2D eigenvalue weighted by Gasteiger charge is 2.13. The molecule has 0 bridgehead atoms. The topological polar surface area (TPSA) is 20.3 Å². The van der Waals surface area contributed by atoms with Gasteiger partial charge >= 0.3 is 0 Å². The van der Waals surface area contributed by atoms with Gasteiger partial charge in [-0.1, -0.05) is 48.0 Å². The quantitative estimate of drug-likeness (QED) is 0.732. The predicted molar refractivity (Wildman–Crippen MR) is 89.7 cm³/mol. The third-order valence-electron chi connectivity index (χ3n) is 3.16. The standard InChI is InChI=1S/C17H18ClNOS/c1-2-19(12-14-8-6-7-11-16(14)18)17(20)13-21-15-9-4-3-5-10-15/h3-11H,2,12-13H2,1H3. The van der Waals surface area contributed by atoms with Crippen LogP contribution in [-0.4, -0.2) is 23.1 Å². The van der Waals surface area contributed by atoms with E-state index in [2.05, 4.69) is 0 Å². The van der Waals surface area contributed by atoms with E-state index in [0.29, 0.717) is 23.9 Å². The van der Waals surface area contributed by atoms with Gasteiger partial charge in [0.05, 0.1) is 5.75 Å². The Balaban J connectivity index is 1.94. The first-order valence-electron chi connectivity index (χ1n) is 6.89. The Morgan fingerprint density at radius 1 is 1.10 bits per heavy atom. The molecule has 0 aliphatic carbocycles. The van der Waals surface area contributed by atoms with E-state index in [1.54, 1.807) is 11.8 Å². The van der Waals surface area contributed by atoms with Gasteiger partial charge in [-0.2, -0.15) is 0 Å². The Morgan fingerprint density at radius 3 is 2.43 bits per heavy atom. The number of benzene rings is 2. The molecule has 0 spiro atoms. The number of hydrogen-bond donors (Lipinski definition) is 0. The van der Waals surface area contributed by atoms with E-state index in [-0.39, 0.29) is 5.91 Å². The fourth-order valence-electron chi connectivity index (χ4n) is 1.96. The van der Waals surface area contributed by atoms with Crippen LogP contribution in [-0.2, 0) is 11.3 Å². The van der Waals surface area contributed by atoms with E-state index < -0.39 is 0 Å². The third-order valence-corrected chi connectivity index (χ3v) is 4.52. The molecular weight excluding hydrogens is 302 g/mol. The molecule has 0 unspecified atom stereocenters. The molecule has 0 N–H and O–H groups in total. The molecule has 2 nitrogen and oxygen atoms in total. The van der Waals surface area contributed by atoms with Crippen molar-refractivity contribution in [2.45, 2.75) is 18.4 Å². The maximum Gasteiger partial charge on any atom is 0.233 e. The first-order chi connectivity index (χ1) is 10.2. The molecule has 2 aromatic carbocycles. The van der Waals surface area contributed by atoms with E-state index in [1.807, 2.05) is 66.4 Å².